The molecule has 152 valence electrons. The lowest BCUT2D eigenvalue weighted by Crippen LogP contribution is -2.12. The van der Waals surface area contributed by atoms with Crippen LogP contribution in [-0.2, 0) is 9.84 Å². The van der Waals surface area contributed by atoms with E-state index < -0.39 is 15.7 Å². The fourth-order valence-electron chi connectivity index (χ4n) is 2.51. The number of aromatic nitrogens is 2. The van der Waals surface area contributed by atoms with Crippen molar-refractivity contribution in [1.82, 2.24) is 10.2 Å². The molecule has 3 rings (SSSR count). The Labute approximate surface area is 167 Å². The van der Waals surface area contributed by atoms with Gasteiger partial charge in [-0.1, -0.05) is 12.0 Å². The summed E-state index contributed by atoms with van der Waals surface area (Å²) in [5.41, 5.74) is 0.843. The normalized spacial score (nSPS) is 11.1. The lowest BCUT2D eigenvalue weighted by atomic mass is 10.2. The van der Waals surface area contributed by atoms with Gasteiger partial charge in [0.1, 0.15) is 0 Å². The summed E-state index contributed by atoms with van der Waals surface area (Å²) in [5, 5.41) is 10.2. The molecule has 1 heterocycles. The third kappa shape index (κ3) is 4.37. The molecule has 0 saturated carbocycles. The maximum atomic E-state index is 12.4. The van der Waals surface area contributed by atoms with Gasteiger partial charge in [0.25, 0.3) is 5.91 Å². The molecule has 0 atom stereocenters. The molecular weight excluding hydrogens is 398 g/mol. The second-order valence-corrected chi connectivity index (χ2v) is 8.14. The van der Waals surface area contributed by atoms with E-state index in [1.54, 1.807) is 31.2 Å². The molecule has 1 amide bonds. The second-order valence-electron chi connectivity index (χ2n) is 5.86. The largest absolute Gasteiger partial charge is 0.493 e. The first-order valence-corrected chi connectivity index (χ1v) is 10.2. The van der Waals surface area contributed by atoms with Crippen LogP contribution in [0, 0.1) is 0 Å². The molecule has 0 aliphatic heterocycles. The number of carbonyl (C=O) groups excluding carboxylic acids is 1. The second kappa shape index (κ2) is 8.31. The van der Waals surface area contributed by atoms with Gasteiger partial charge in [0.2, 0.25) is 5.89 Å². The Bertz CT molecular complexity index is 1120. The molecule has 3 aromatic rings. The predicted molar refractivity (Wildman–Crippen MR) is 105 cm³/mol. The zero-order valence-electron chi connectivity index (χ0n) is 16.0. The molecule has 0 aliphatic carbocycles. The SMILES string of the molecule is CCS(=O)(=O)c1ccc(-c2nnc(NC(=O)c3ccc(OC)c(OC)c3)o2)cc1. The van der Waals surface area contributed by atoms with E-state index in [2.05, 4.69) is 15.5 Å². The van der Waals surface area contributed by atoms with Gasteiger partial charge in [-0.2, -0.15) is 0 Å². The number of carbonyl (C=O) groups is 1. The maximum Gasteiger partial charge on any atom is 0.322 e. The number of rotatable bonds is 7. The summed E-state index contributed by atoms with van der Waals surface area (Å²) in [6.45, 7) is 1.58. The number of hydrogen-bond acceptors (Lipinski definition) is 8. The minimum atomic E-state index is -3.29. The summed E-state index contributed by atoms with van der Waals surface area (Å²) < 4.78 is 39.5. The molecular formula is C19H19N3O6S. The van der Waals surface area contributed by atoms with E-state index in [9.17, 15) is 13.2 Å². The fourth-order valence-corrected chi connectivity index (χ4v) is 3.39. The first kappa shape index (κ1) is 20.3. The first-order chi connectivity index (χ1) is 13.9. The van der Waals surface area contributed by atoms with Gasteiger partial charge in [-0.3, -0.25) is 10.1 Å². The van der Waals surface area contributed by atoms with Crippen LogP contribution < -0.4 is 14.8 Å². The molecule has 10 heteroatoms. The fraction of sp³-hybridized carbons (Fsp3) is 0.211. The predicted octanol–water partition coefficient (Wildman–Crippen LogP) is 2.80. The minimum Gasteiger partial charge on any atom is -0.493 e. The third-order valence-electron chi connectivity index (χ3n) is 4.13. The zero-order chi connectivity index (χ0) is 21.0. The van der Waals surface area contributed by atoms with Crippen molar-refractivity contribution < 1.29 is 27.1 Å². The number of amides is 1. The molecule has 2 aromatic carbocycles. The summed E-state index contributed by atoms with van der Waals surface area (Å²) in [6.07, 6.45) is 0. The number of nitrogens with zero attached hydrogens (tertiary/aromatic N) is 2. The molecule has 0 fully saturated rings. The quantitative estimate of drug-likeness (QED) is 0.623. The van der Waals surface area contributed by atoms with Crippen LogP contribution in [0.3, 0.4) is 0 Å². The Kier molecular flexibility index (Phi) is 5.83. The summed E-state index contributed by atoms with van der Waals surface area (Å²) in [5.74, 6) is 0.601. The lowest BCUT2D eigenvalue weighted by molar-refractivity contribution is 0.102. The van der Waals surface area contributed by atoms with Crippen molar-refractivity contribution in [1.29, 1.82) is 0 Å². The van der Waals surface area contributed by atoms with Crippen molar-refractivity contribution in [2.75, 3.05) is 25.3 Å². The van der Waals surface area contributed by atoms with Crippen molar-refractivity contribution >= 4 is 21.8 Å². The Morgan fingerprint density at radius 2 is 1.72 bits per heavy atom. The average Bonchev–Trinajstić information content (AvgIpc) is 3.21. The molecule has 0 aliphatic rings. The van der Waals surface area contributed by atoms with Crippen LogP contribution in [0.2, 0.25) is 0 Å². The molecule has 0 bridgehead atoms. The number of hydrogen-bond donors (Lipinski definition) is 1. The smallest absolute Gasteiger partial charge is 0.322 e. The van der Waals surface area contributed by atoms with Crippen LogP contribution in [0.5, 0.6) is 11.5 Å². The molecule has 0 radical (unpaired) electrons. The molecule has 0 saturated heterocycles. The van der Waals surface area contributed by atoms with Gasteiger partial charge in [-0.05, 0) is 42.5 Å². The number of sulfone groups is 1. The van der Waals surface area contributed by atoms with Crippen LogP contribution in [0.25, 0.3) is 11.5 Å². The average molecular weight is 417 g/mol. The van der Waals surface area contributed by atoms with Crippen molar-refractivity contribution in [2.45, 2.75) is 11.8 Å². The summed E-state index contributed by atoms with van der Waals surface area (Å²) >= 11 is 0. The van der Waals surface area contributed by atoms with Gasteiger partial charge < -0.3 is 13.9 Å². The number of ether oxygens (including phenoxy) is 2. The molecule has 0 spiro atoms. The number of anilines is 1. The van der Waals surface area contributed by atoms with Crippen molar-refractivity contribution in [3.05, 3.63) is 48.0 Å². The van der Waals surface area contributed by atoms with E-state index in [-0.39, 0.29) is 22.6 Å². The third-order valence-corrected chi connectivity index (χ3v) is 5.88. The first-order valence-electron chi connectivity index (χ1n) is 8.58. The molecule has 29 heavy (non-hydrogen) atoms. The summed E-state index contributed by atoms with van der Waals surface area (Å²) in [6, 6.07) is 10.7. The van der Waals surface area contributed by atoms with E-state index in [0.717, 1.165) is 0 Å². The van der Waals surface area contributed by atoms with Crippen molar-refractivity contribution in [3.8, 4) is 23.0 Å². The van der Waals surface area contributed by atoms with Crippen LogP contribution in [-0.4, -0.2) is 44.5 Å². The van der Waals surface area contributed by atoms with Crippen molar-refractivity contribution in [2.24, 2.45) is 0 Å². The minimum absolute atomic E-state index is 0.0131. The standard InChI is InChI=1S/C19H19N3O6S/c1-4-29(24,25)14-8-5-12(6-9-14)18-21-22-19(28-18)20-17(23)13-7-10-15(26-2)16(11-13)27-3/h5-11H,4H2,1-3H3,(H,20,22,23). The van der Waals surface area contributed by atoms with E-state index >= 15 is 0 Å². The molecule has 0 unspecified atom stereocenters. The Morgan fingerprint density at radius 3 is 2.34 bits per heavy atom. The Hall–Kier alpha value is -3.40. The highest BCUT2D eigenvalue weighted by Crippen LogP contribution is 2.28. The Balaban J connectivity index is 1.76. The molecule has 1 N–H and O–H groups in total. The van der Waals surface area contributed by atoms with Gasteiger partial charge in [-0.25, -0.2) is 8.42 Å². The van der Waals surface area contributed by atoms with E-state index in [4.69, 9.17) is 13.9 Å². The topological polar surface area (TPSA) is 121 Å². The van der Waals surface area contributed by atoms with Gasteiger partial charge in [-0.15, -0.1) is 5.10 Å². The van der Waals surface area contributed by atoms with Crippen LogP contribution in [0.4, 0.5) is 6.01 Å². The number of nitrogens with one attached hydrogen (secondary N) is 1. The molecule has 9 nitrogen and oxygen atoms in total. The van der Waals surface area contributed by atoms with E-state index in [1.165, 1.54) is 32.4 Å². The van der Waals surface area contributed by atoms with Crippen LogP contribution >= 0.6 is 0 Å². The number of benzene rings is 2. The van der Waals surface area contributed by atoms with Crippen molar-refractivity contribution in [3.63, 3.8) is 0 Å². The molecule has 1 aromatic heterocycles. The highest BCUT2D eigenvalue weighted by Gasteiger charge is 2.16. The Morgan fingerprint density at radius 1 is 1.03 bits per heavy atom. The highest BCUT2D eigenvalue weighted by atomic mass is 32.2. The zero-order valence-corrected chi connectivity index (χ0v) is 16.8. The van der Waals surface area contributed by atoms with E-state index in [0.29, 0.717) is 22.6 Å². The van der Waals surface area contributed by atoms with Gasteiger partial charge >= 0.3 is 6.01 Å². The highest BCUT2D eigenvalue weighted by molar-refractivity contribution is 7.91. The number of methoxy groups -OCH3 is 2. The summed E-state index contributed by atoms with van der Waals surface area (Å²) in [4.78, 5) is 12.6. The van der Waals surface area contributed by atoms with Crippen LogP contribution in [0.15, 0.2) is 51.8 Å². The lowest BCUT2D eigenvalue weighted by Gasteiger charge is -2.08. The monoisotopic (exact) mass is 417 g/mol. The van der Waals surface area contributed by atoms with Gasteiger partial charge in [0.05, 0.1) is 24.9 Å². The van der Waals surface area contributed by atoms with Crippen LogP contribution in [0.1, 0.15) is 17.3 Å². The van der Waals surface area contributed by atoms with E-state index in [1.807, 2.05) is 0 Å². The van der Waals surface area contributed by atoms with Gasteiger partial charge in [0, 0.05) is 11.1 Å². The maximum absolute atomic E-state index is 12.4. The van der Waals surface area contributed by atoms with Gasteiger partial charge in [0.15, 0.2) is 21.3 Å². The summed E-state index contributed by atoms with van der Waals surface area (Å²) in [7, 11) is -0.317.